The van der Waals surface area contributed by atoms with Crippen LogP contribution in [0.5, 0.6) is 5.75 Å². The number of nitrogens with one attached hydrogen (secondary N) is 1. The zero-order valence-electron chi connectivity index (χ0n) is 13.3. The first-order valence-electron chi connectivity index (χ1n) is 7.06. The molecule has 0 amide bonds. The van der Waals surface area contributed by atoms with Crippen molar-refractivity contribution in [3.63, 3.8) is 0 Å². The predicted molar refractivity (Wildman–Crippen MR) is 92.2 cm³/mol. The van der Waals surface area contributed by atoms with Crippen molar-refractivity contribution in [3.05, 3.63) is 62.6 Å². The fraction of sp³-hybridized carbons (Fsp3) is 0.333. The van der Waals surface area contributed by atoms with Crippen LogP contribution in [0.4, 0.5) is 0 Å². The van der Waals surface area contributed by atoms with Gasteiger partial charge in [0.25, 0.3) is 0 Å². The molecule has 0 heterocycles. The van der Waals surface area contributed by atoms with Gasteiger partial charge in [-0.3, -0.25) is 0 Å². The van der Waals surface area contributed by atoms with Crippen molar-refractivity contribution in [3.8, 4) is 5.75 Å². The Kier molecular flexibility index (Phi) is 5.07. The average Bonchev–Trinajstić information content (AvgIpc) is 2.42. The number of benzene rings is 2. The normalized spacial score (nSPS) is 12.3. The van der Waals surface area contributed by atoms with E-state index in [1.54, 1.807) is 7.11 Å². The van der Waals surface area contributed by atoms with Gasteiger partial charge in [0.2, 0.25) is 0 Å². The van der Waals surface area contributed by atoms with Crippen molar-refractivity contribution < 1.29 is 4.74 Å². The molecule has 112 valence electrons. The van der Waals surface area contributed by atoms with E-state index in [0.717, 1.165) is 15.8 Å². The molecule has 21 heavy (non-hydrogen) atoms. The van der Waals surface area contributed by atoms with Gasteiger partial charge in [0.15, 0.2) is 0 Å². The predicted octanol–water partition coefficient (Wildman–Crippen LogP) is 4.69. The average molecular weight is 348 g/mol. The molecular formula is C18H22BrNO. The molecule has 0 fully saturated rings. The second kappa shape index (κ2) is 6.63. The van der Waals surface area contributed by atoms with Gasteiger partial charge >= 0.3 is 0 Å². The Balaban J connectivity index is 2.63. The van der Waals surface area contributed by atoms with Gasteiger partial charge < -0.3 is 10.1 Å². The van der Waals surface area contributed by atoms with E-state index in [2.05, 4.69) is 60.2 Å². The topological polar surface area (TPSA) is 21.3 Å². The third-order valence-corrected chi connectivity index (χ3v) is 4.31. The van der Waals surface area contributed by atoms with Crippen LogP contribution in [0, 0.1) is 20.8 Å². The largest absolute Gasteiger partial charge is 0.496 e. The molecule has 0 radical (unpaired) electrons. The molecule has 1 atom stereocenters. The molecule has 2 aromatic rings. The first kappa shape index (κ1) is 16.1. The summed E-state index contributed by atoms with van der Waals surface area (Å²) in [7, 11) is 3.71. The van der Waals surface area contributed by atoms with E-state index in [1.807, 2.05) is 19.2 Å². The maximum atomic E-state index is 5.55. The van der Waals surface area contributed by atoms with E-state index in [4.69, 9.17) is 4.74 Å². The molecule has 0 saturated carbocycles. The van der Waals surface area contributed by atoms with Crippen LogP contribution in [0.1, 0.15) is 33.9 Å². The van der Waals surface area contributed by atoms with Gasteiger partial charge in [-0.1, -0.05) is 33.6 Å². The molecule has 2 nitrogen and oxygen atoms in total. The van der Waals surface area contributed by atoms with Crippen molar-refractivity contribution in [2.75, 3.05) is 14.2 Å². The van der Waals surface area contributed by atoms with Gasteiger partial charge in [-0.25, -0.2) is 0 Å². The lowest BCUT2D eigenvalue weighted by atomic mass is 9.89. The van der Waals surface area contributed by atoms with Crippen LogP contribution in [-0.4, -0.2) is 14.2 Å². The fourth-order valence-electron chi connectivity index (χ4n) is 3.03. The minimum absolute atomic E-state index is 0.109. The fourth-order valence-corrected chi connectivity index (χ4v) is 3.41. The second-order valence-corrected chi connectivity index (χ2v) is 6.34. The molecule has 0 saturated heterocycles. The molecule has 0 aliphatic carbocycles. The number of ether oxygens (including phenoxy) is 1. The van der Waals surface area contributed by atoms with Gasteiger partial charge in [0.05, 0.1) is 13.2 Å². The highest BCUT2D eigenvalue weighted by atomic mass is 79.9. The summed E-state index contributed by atoms with van der Waals surface area (Å²) in [5.74, 6) is 0.900. The van der Waals surface area contributed by atoms with Crippen LogP contribution in [0.2, 0.25) is 0 Å². The van der Waals surface area contributed by atoms with Gasteiger partial charge in [-0.05, 0) is 62.7 Å². The lowest BCUT2D eigenvalue weighted by molar-refractivity contribution is 0.405. The van der Waals surface area contributed by atoms with E-state index in [0.29, 0.717) is 0 Å². The zero-order valence-corrected chi connectivity index (χ0v) is 14.8. The summed E-state index contributed by atoms with van der Waals surface area (Å²) < 4.78 is 6.60. The molecule has 1 unspecified atom stereocenters. The summed E-state index contributed by atoms with van der Waals surface area (Å²) in [5.41, 5.74) is 6.36. The molecule has 0 aliphatic heterocycles. The van der Waals surface area contributed by atoms with E-state index in [1.165, 1.54) is 22.3 Å². The Morgan fingerprint density at radius 1 is 1.05 bits per heavy atom. The number of rotatable bonds is 4. The Morgan fingerprint density at radius 3 is 2.19 bits per heavy atom. The van der Waals surface area contributed by atoms with Crippen molar-refractivity contribution in [2.45, 2.75) is 26.8 Å². The Morgan fingerprint density at radius 2 is 1.67 bits per heavy atom. The minimum atomic E-state index is 0.109. The van der Waals surface area contributed by atoms with E-state index in [9.17, 15) is 0 Å². The van der Waals surface area contributed by atoms with Crippen molar-refractivity contribution in [2.24, 2.45) is 0 Å². The van der Waals surface area contributed by atoms with E-state index in [-0.39, 0.29) is 6.04 Å². The first-order valence-corrected chi connectivity index (χ1v) is 7.85. The van der Waals surface area contributed by atoms with Gasteiger partial charge in [0, 0.05) is 10.0 Å². The monoisotopic (exact) mass is 347 g/mol. The maximum absolute atomic E-state index is 5.55. The summed E-state index contributed by atoms with van der Waals surface area (Å²) in [5, 5.41) is 3.44. The van der Waals surface area contributed by atoms with Crippen LogP contribution in [0.15, 0.2) is 34.8 Å². The molecule has 1 N–H and O–H groups in total. The molecule has 0 bridgehead atoms. The standard InChI is InChI=1S/C18H22BrNO/c1-11-8-12(2)17(13(3)9-11)18(20-4)15-10-14(19)6-7-16(15)21-5/h6-10,18,20H,1-5H3. The molecule has 0 spiro atoms. The highest BCUT2D eigenvalue weighted by molar-refractivity contribution is 9.10. The number of aryl methyl sites for hydroxylation is 3. The summed E-state index contributed by atoms with van der Waals surface area (Å²) in [6.07, 6.45) is 0. The van der Waals surface area contributed by atoms with Gasteiger partial charge in [-0.2, -0.15) is 0 Å². The quantitative estimate of drug-likeness (QED) is 0.865. The number of methoxy groups -OCH3 is 1. The minimum Gasteiger partial charge on any atom is -0.496 e. The molecule has 2 aromatic carbocycles. The maximum Gasteiger partial charge on any atom is 0.124 e. The van der Waals surface area contributed by atoms with Crippen molar-refractivity contribution in [1.82, 2.24) is 5.32 Å². The van der Waals surface area contributed by atoms with Crippen LogP contribution < -0.4 is 10.1 Å². The third kappa shape index (κ3) is 3.30. The van der Waals surface area contributed by atoms with Crippen molar-refractivity contribution in [1.29, 1.82) is 0 Å². The number of halogens is 1. The molecule has 3 heteroatoms. The number of hydrogen-bond acceptors (Lipinski definition) is 2. The van der Waals surface area contributed by atoms with E-state index >= 15 is 0 Å². The first-order chi connectivity index (χ1) is 9.97. The Labute approximate surface area is 135 Å². The summed E-state index contributed by atoms with van der Waals surface area (Å²) >= 11 is 3.56. The SMILES string of the molecule is CNC(c1cc(Br)ccc1OC)c1c(C)cc(C)cc1C. The highest BCUT2D eigenvalue weighted by Crippen LogP contribution is 2.35. The highest BCUT2D eigenvalue weighted by Gasteiger charge is 2.20. The summed E-state index contributed by atoms with van der Waals surface area (Å²) in [6, 6.07) is 10.7. The van der Waals surface area contributed by atoms with Gasteiger partial charge in [-0.15, -0.1) is 0 Å². The lowest BCUT2D eigenvalue weighted by Gasteiger charge is -2.24. The number of hydrogen-bond donors (Lipinski definition) is 1. The summed E-state index contributed by atoms with van der Waals surface area (Å²) in [6.45, 7) is 6.48. The molecular weight excluding hydrogens is 326 g/mol. The van der Waals surface area contributed by atoms with Crippen LogP contribution in [0.3, 0.4) is 0 Å². The van der Waals surface area contributed by atoms with Crippen LogP contribution >= 0.6 is 15.9 Å². The second-order valence-electron chi connectivity index (χ2n) is 5.42. The Hall–Kier alpha value is -1.32. The molecule has 0 aliphatic rings. The van der Waals surface area contributed by atoms with E-state index < -0.39 is 0 Å². The lowest BCUT2D eigenvalue weighted by Crippen LogP contribution is -2.20. The molecule has 2 rings (SSSR count). The zero-order chi connectivity index (χ0) is 15.6. The van der Waals surface area contributed by atoms with Crippen molar-refractivity contribution >= 4 is 15.9 Å². The summed E-state index contributed by atoms with van der Waals surface area (Å²) in [4.78, 5) is 0. The molecule has 0 aromatic heterocycles. The third-order valence-electron chi connectivity index (χ3n) is 3.82. The van der Waals surface area contributed by atoms with Crippen LogP contribution in [-0.2, 0) is 0 Å². The van der Waals surface area contributed by atoms with Gasteiger partial charge in [0.1, 0.15) is 5.75 Å². The Bertz CT molecular complexity index is 629. The van der Waals surface area contributed by atoms with Crippen LogP contribution in [0.25, 0.3) is 0 Å². The smallest absolute Gasteiger partial charge is 0.124 e.